The van der Waals surface area contributed by atoms with Gasteiger partial charge < -0.3 is 16.3 Å². The van der Waals surface area contributed by atoms with Crippen molar-refractivity contribution < 1.29 is 10.0 Å². The first kappa shape index (κ1) is 13.5. The minimum atomic E-state index is -0.392. The number of rotatable bonds is 6. The first-order chi connectivity index (χ1) is 8.17. The second-order valence-corrected chi connectivity index (χ2v) is 4.52. The van der Waals surface area contributed by atoms with E-state index < -0.39 is 6.04 Å². The molecule has 1 rings (SSSR count). The number of oxime groups is 1. The summed E-state index contributed by atoms with van der Waals surface area (Å²) in [4.78, 5) is 11.7. The zero-order chi connectivity index (χ0) is 12.7. The second-order valence-electron chi connectivity index (χ2n) is 3.74. The minimum absolute atomic E-state index is 0.0468. The molecular formula is C11H17N3O2S. The summed E-state index contributed by atoms with van der Waals surface area (Å²) in [6.45, 7) is 1.97. The van der Waals surface area contributed by atoms with Gasteiger partial charge >= 0.3 is 0 Å². The van der Waals surface area contributed by atoms with Crippen molar-refractivity contribution in [2.45, 2.75) is 32.2 Å². The van der Waals surface area contributed by atoms with E-state index >= 15 is 0 Å². The van der Waals surface area contributed by atoms with Gasteiger partial charge in [0.25, 0.3) is 0 Å². The molecule has 0 aliphatic heterocycles. The van der Waals surface area contributed by atoms with Crippen molar-refractivity contribution in [1.29, 1.82) is 0 Å². The first-order valence-electron chi connectivity index (χ1n) is 5.45. The molecule has 1 amide bonds. The van der Waals surface area contributed by atoms with Crippen molar-refractivity contribution >= 4 is 23.1 Å². The molecule has 1 heterocycles. The molecule has 0 saturated carbocycles. The fourth-order valence-corrected chi connectivity index (χ4v) is 2.14. The number of amides is 1. The number of nitrogens with two attached hydrogens (primary N) is 1. The van der Waals surface area contributed by atoms with Crippen molar-refractivity contribution in [3.05, 3.63) is 22.4 Å². The van der Waals surface area contributed by atoms with E-state index in [0.717, 1.165) is 12.0 Å². The van der Waals surface area contributed by atoms with Gasteiger partial charge in [0, 0.05) is 0 Å². The average Bonchev–Trinajstić information content (AvgIpc) is 2.80. The molecule has 1 aromatic rings. The Morgan fingerprint density at radius 3 is 3.00 bits per heavy atom. The van der Waals surface area contributed by atoms with Crippen LogP contribution in [-0.2, 0) is 11.2 Å². The highest BCUT2D eigenvalue weighted by Crippen LogP contribution is 2.07. The molecule has 0 aliphatic carbocycles. The van der Waals surface area contributed by atoms with Gasteiger partial charge in [-0.1, -0.05) is 18.5 Å². The number of hydrogen-bond acceptors (Lipinski definition) is 4. The fourth-order valence-electron chi connectivity index (χ4n) is 1.48. The third kappa shape index (κ3) is 4.44. The first-order valence-corrected chi connectivity index (χ1v) is 6.39. The van der Waals surface area contributed by atoms with Crippen LogP contribution in [-0.4, -0.2) is 23.0 Å². The Bertz CT molecular complexity index is 376. The lowest BCUT2D eigenvalue weighted by Crippen LogP contribution is -2.45. The predicted molar refractivity (Wildman–Crippen MR) is 68.3 cm³/mol. The Balaban J connectivity index is 2.52. The van der Waals surface area contributed by atoms with E-state index in [0.29, 0.717) is 12.8 Å². The van der Waals surface area contributed by atoms with Crippen LogP contribution < -0.4 is 11.1 Å². The maximum absolute atomic E-state index is 11.7. The molecule has 0 aliphatic rings. The molecule has 0 bridgehead atoms. The van der Waals surface area contributed by atoms with Crippen LogP contribution >= 0.6 is 11.3 Å². The summed E-state index contributed by atoms with van der Waals surface area (Å²) in [5.74, 6) is -0.0704. The zero-order valence-electron chi connectivity index (χ0n) is 9.72. The molecule has 4 N–H and O–H groups in total. The van der Waals surface area contributed by atoms with Gasteiger partial charge in [-0.05, 0) is 28.8 Å². The molecule has 17 heavy (non-hydrogen) atoms. The number of carbonyl (C=O) groups excluding carboxylic acids is 1. The normalized spacial score (nSPS) is 13.4. The minimum Gasteiger partial charge on any atom is -0.409 e. The highest BCUT2D eigenvalue weighted by Gasteiger charge is 2.16. The lowest BCUT2D eigenvalue weighted by molar-refractivity contribution is -0.120. The van der Waals surface area contributed by atoms with Gasteiger partial charge in [0.05, 0.1) is 12.5 Å². The average molecular weight is 255 g/mol. The Morgan fingerprint density at radius 1 is 1.71 bits per heavy atom. The van der Waals surface area contributed by atoms with Crippen molar-refractivity contribution in [2.75, 3.05) is 0 Å². The largest absolute Gasteiger partial charge is 0.409 e. The van der Waals surface area contributed by atoms with Gasteiger partial charge in [-0.3, -0.25) is 4.79 Å². The van der Waals surface area contributed by atoms with Crippen molar-refractivity contribution in [3.8, 4) is 0 Å². The van der Waals surface area contributed by atoms with Crippen molar-refractivity contribution in [3.63, 3.8) is 0 Å². The predicted octanol–water partition coefficient (Wildman–Crippen LogP) is 1.32. The lowest BCUT2D eigenvalue weighted by Gasteiger charge is -2.16. The van der Waals surface area contributed by atoms with Gasteiger partial charge in [0.15, 0.2) is 5.84 Å². The molecule has 1 atom stereocenters. The van der Waals surface area contributed by atoms with E-state index in [9.17, 15) is 4.79 Å². The second kappa shape index (κ2) is 6.90. The smallest absolute Gasteiger partial charge is 0.225 e. The van der Waals surface area contributed by atoms with Crippen LogP contribution in [0.25, 0.3) is 0 Å². The molecule has 0 saturated heterocycles. The molecular weight excluding hydrogens is 238 g/mol. The van der Waals surface area contributed by atoms with E-state index in [2.05, 4.69) is 10.5 Å². The van der Waals surface area contributed by atoms with Crippen molar-refractivity contribution in [2.24, 2.45) is 10.9 Å². The van der Waals surface area contributed by atoms with Gasteiger partial charge in [-0.25, -0.2) is 0 Å². The highest BCUT2D eigenvalue weighted by molar-refractivity contribution is 7.07. The Hall–Kier alpha value is -1.56. The van der Waals surface area contributed by atoms with Crippen LogP contribution in [0.15, 0.2) is 22.0 Å². The van der Waals surface area contributed by atoms with Crippen LogP contribution in [0.5, 0.6) is 0 Å². The number of nitrogens with one attached hydrogen (secondary N) is 1. The Labute approximate surface area is 104 Å². The standard InChI is InChI=1S/C11H17N3O2S/c1-2-3-9(11(12)14-16)13-10(15)6-8-4-5-17-7-8/h4-5,7,9,16H,2-3,6H2,1H3,(H2,12,14)(H,13,15). The number of thiophene rings is 1. The van der Waals surface area contributed by atoms with Crippen LogP contribution in [0, 0.1) is 0 Å². The maximum atomic E-state index is 11.7. The van der Waals surface area contributed by atoms with Crippen LogP contribution in [0.4, 0.5) is 0 Å². The highest BCUT2D eigenvalue weighted by atomic mass is 32.1. The lowest BCUT2D eigenvalue weighted by atomic mass is 10.1. The van der Waals surface area contributed by atoms with E-state index in [1.165, 1.54) is 0 Å². The Morgan fingerprint density at radius 2 is 2.47 bits per heavy atom. The van der Waals surface area contributed by atoms with Gasteiger partial charge in [-0.15, -0.1) is 0 Å². The molecule has 0 aromatic carbocycles. The van der Waals surface area contributed by atoms with Gasteiger partial charge in [0.2, 0.25) is 5.91 Å². The van der Waals surface area contributed by atoms with Crippen LogP contribution in [0.3, 0.4) is 0 Å². The van der Waals surface area contributed by atoms with Gasteiger partial charge in [0.1, 0.15) is 0 Å². The molecule has 0 radical (unpaired) electrons. The van der Waals surface area contributed by atoms with E-state index in [-0.39, 0.29) is 11.7 Å². The van der Waals surface area contributed by atoms with Crippen LogP contribution in [0.1, 0.15) is 25.3 Å². The summed E-state index contributed by atoms with van der Waals surface area (Å²) in [5.41, 5.74) is 6.49. The van der Waals surface area contributed by atoms with E-state index in [1.54, 1.807) is 11.3 Å². The molecule has 0 spiro atoms. The molecule has 94 valence electrons. The summed E-state index contributed by atoms with van der Waals surface area (Å²) in [6.07, 6.45) is 1.83. The molecule has 1 aromatic heterocycles. The van der Waals surface area contributed by atoms with E-state index in [4.69, 9.17) is 10.9 Å². The summed E-state index contributed by atoms with van der Waals surface area (Å²) < 4.78 is 0. The SMILES string of the molecule is CCCC(NC(=O)Cc1ccsc1)/C(N)=N/O. The zero-order valence-corrected chi connectivity index (χ0v) is 10.5. The van der Waals surface area contributed by atoms with Crippen LogP contribution in [0.2, 0.25) is 0 Å². The monoisotopic (exact) mass is 255 g/mol. The number of nitrogens with zero attached hydrogens (tertiary/aromatic N) is 1. The summed E-state index contributed by atoms with van der Waals surface area (Å²) in [5, 5.41) is 18.2. The number of hydrogen-bond donors (Lipinski definition) is 3. The number of carbonyl (C=O) groups is 1. The van der Waals surface area contributed by atoms with Gasteiger partial charge in [-0.2, -0.15) is 11.3 Å². The summed E-state index contributed by atoms with van der Waals surface area (Å²) in [7, 11) is 0. The Kier molecular flexibility index (Phi) is 5.48. The summed E-state index contributed by atoms with van der Waals surface area (Å²) >= 11 is 1.55. The fraction of sp³-hybridized carbons (Fsp3) is 0.455. The number of amidine groups is 1. The third-order valence-corrected chi connectivity index (χ3v) is 3.06. The third-order valence-electron chi connectivity index (χ3n) is 2.33. The topological polar surface area (TPSA) is 87.7 Å². The quantitative estimate of drug-likeness (QED) is 0.310. The molecule has 0 fully saturated rings. The maximum Gasteiger partial charge on any atom is 0.225 e. The molecule has 1 unspecified atom stereocenters. The summed E-state index contributed by atoms with van der Waals surface area (Å²) in [6, 6.07) is 1.51. The van der Waals surface area contributed by atoms with Crippen molar-refractivity contribution in [1.82, 2.24) is 5.32 Å². The molecule has 5 nitrogen and oxygen atoms in total. The molecule has 6 heteroatoms. The van der Waals surface area contributed by atoms with E-state index in [1.807, 2.05) is 23.8 Å².